The van der Waals surface area contributed by atoms with Gasteiger partial charge in [-0.2, -0.15) is 0 Å². The summed E-state index contributed by atoms with van der Waals surface area (Å²) in [4.78, 5) is 7.07. The van der Waals surface area contributed by atoms with Crippen LogP contribution in [0.4, 0.5) is 17.1 Å². The molecule has 0 saturated heterocycles. The Kier molecular flexibility index (Phi) is 5.22. The van der Waals surface area contributed by atoms with Gasteiger partial charge in [0.15, 0.2) is 5.58 Å². The van der Waals surface area contributed by atoms with E-state index in [-0.39, 0.29) is 0 Å². The molecule has 5 nitrogen and oxygen atoms in total. The lowest BCUT2D eigenvalue weighted by Gasteiger charge is -2.26. The standard InChI is InChI=1S/C41H24N2O3/c1-5-14-35-28(8-1)30-11-7-12-33(41(30)46-35)43(27-20-21-37-32(24-27)29-9-2-4-13-34(29)44-37)26-18-16-25(17-19-26)40-39-31-10-3-6-15-36(31)45-38(39)22-23-42-40/h1-24H. The number of fused-ring (bicyclic) bond motifs is 9. The molecule has 0 bridgehead atoms. The van der Waals surface area contributed by atoms with E-state index >= 15 is 0 Å². The summed E-state index contributed by atoms with van der Waals surface area (Å²) in [6.07, 6.45) is 1.81. The van der Waals surface area contributed by atoms with E-state index in [4.69, 9.17) is 18.2 Å². The van der Waals surface area contributed by atoms with Gasteiger partial charge in [-0.05, 0) is 60.7 Å². The van der Waals surface area contributed by atoms with E-state index in [9.17, 15) is 0 Å². The highest BCUT2D eigenvalue weighted by Crippen LogP contribution is 2.44. The highest BCUT2D eigenvalue weighted by atomic mass is 16.3. The van der Waals surface area contributed by atoms with Gasteiger partial charge in [-0.15, -0.1) is 0 Å². The molecule has 0 aliphatic heterocycles. The average Bonchev–Trinajstić information content (AvgIpc) is 3.80. The quantitative estimate of drug-likeness (QED) is 0.203. The molecule has 0 atom stereocenters. The molecule has 6 aromatic carbocycles. The number of hydrogen-bond donors (Lipinski definition) is 0. The Labute approximate surface area is 262 Å². The maximum absolute atomic E-state index is 6.54. The van der Waals surface area contributed by atoms with E-state index in [1.165, 1.54) is 0 Å². The minimum Gasteiger partial charge on any atom is -0.456 e. The Morgan fingerprint density at radius 1 is 0.435 bits per heavy atom. The van der Waals surface area contributed by atoms with Crippen molar-refractivity contribution in [3.05, 3.63) is 146 Å². The van der Waals surface area contributed by atoms with Crippen LogP contribution in [0.25, 0.3) is 77.1 Å². The van der Waals surface area contributed by atoms with Gasteiger partial charge in [-0.25, -0.2) is 0 Å². The summed E-state index contributed by atoms with van der Waals surface area (Å²) in [6, 6.07) is 47.7. The summed E-state index contributed by atoms with van der Waals surface area (Å²) < 4.78 is 18.9. The summed E-state index contributed by atoms with van der Waals surface area (Å²) in [7, 11) is 0. The van der Waals surface area contributed by atoms with Crippen LogP contribution in [0.2, 0.25) is 0 Å². The molecular formula is C41H24N2O3. The summed E-state index contributed by atoms with van der Waals surface area (Å²) in [6.45, 7) is 0. The van der Waals surface area contributed by atoms with E-state index in [1.807, 2.05) is 60.8 Å². The van der Waals surface area contributed by atoms with Crippen LogP contribution < -0.4 is 4.90 Å². The first-order valence-corrected chi connectivity index (χ1v) is 15.3. The number of para-hydroxylation sites is 4. The number of nitrogens with zero attached hydrogens (tertiary/aromatic N) is 2. The lowest BCUT2D eigenvalue weighted by molar-refractivity contribution is 0.668. The van der Waals surface area contributed by atoms with Crippen LogP contribution in [0.1, 0.15) is 0 Å². The fraction of sp³-hybridized carbons (Fsp3) is 0. The van der Waals surface area contributed by atoms with E-state index in [0.717, 1.165) is 94.1 Å². The molecule has 5 heteroatoms. The molecule has 0 N–H and O–H groups in total. The van der Waals surface area contributed by atoms with Gasteiger partial charge in [0.1, 0.15) is 27.9 Å². The second kappa shape index (κ2) is 9.58. The average molecular weight is 593 g/mol. The van der Waals surface area contributed by atoms with Crippen LogP contribution in [-0.2, 0) is 0 Å². The van der Waals surface area contributed by atoms with Gasteiger partial charge in [-0.3, -0.25) is 4.98 Å². The lowest BCUT2D eigenvalue weighted by Crippen LogP contribution is -2.10. The number of rotatable bonds is 4. The minimum absolute atomic E-state index is 0.828. The summed E-state index contributed by atoms with van der Waals surface area (Å²) >= 11 is 0. The predicted octanol–water partition coefficient (Wildman–Crippen LogP) is 11.9. The molecule has 0 fully saturated rings. The first kappa shape index (κ1) is 25.0. The molecule has 10 aromatic rings. The van der Waals surface area contributed by atoms with Gasteiger partial charge in [0.2, 0.25) is 0 Å². The normalized spacial score (nSPS) is 11.9. The third kappa shape index (κ3) is 3.66. The zero-order valence-corrected chi connectivity index (χ0v) is 24.5. The van der Waals surface area contributed by atoms with Crippen molar-refractivity contribution in [3.8, 4) is 11.3 Å². The van der Waals surface area contributed by atoms with Gasteiger partial charge in [0, 0.05) is 50.1 Å². The fourth-order valence-corrected chi connectivity index (χ4v) is 6.85. The van der Waals surface area contributed by atoms with Crippen molar-refractivity contribution in [2.24, 2.45) is 0 Å². The third-order valence-corrected chi connectivity index (χ3v) is 8.93. The van der Waals surface area contributed by atoms with E-state index in [2.05, 4.69) is 89.8 Å². The first-order chi connectivity index (χ1) is 22.8. The number of furan rings is 3. The van der Waals surface area contributed by atoms with Gasteiger partial charge in [0.05, 0.1) is 16.8 Å². The number of benzene rings is 6. The van der Waals surface area contributed by atoms with Crippen molar-refractivity contribution in [1.82, 2.24) is 4.98 Å². The molecule has 0 aliphatic rings. The molecule has 0 amide bonds. The van der Waals surface area contributed by atoms with E-state index in [1.54, 1.807) is 0 Å². The van der Waals surface area contributed by atoms with E-state index in [0.29, 0.717) is 0 Å². The Hall–Kier alpha value is -6.33. The molecule has 216 valence electrons. The fourth-order valence-electron chi connectivity index (χ4n) is 6.85. The Morgan fingerprint density at radius 3 is 1.85 bits per heavy atom. The predicted molar refractivity (Wildman–Crippen MR) is 186 cm³/mol. The second-order valence-electron chi connectivity index (χ2n) is 11.5. The highest BCUT2D eigenvalue weighted by molar-refractivity contribution is 6.13. The molecule has 0 saturated carbocycles. The molecule has 10 rings (SSSR count). The number of aromatic nitrogens is 1. The molecule has 0 spiro atoms. The van der Waals surface area contributed by atoms with Crippen molar-refractivity contribution >= 4 is 82.9 Å². The topological polar surface area (TPSA) is 55.6 Å². The molecule has 0 radical (unpaired) electrons. The van der Waals surface area contributed by atoms with Gasteiger partial charge >= 0.3 is 0 Å². The molecular weight excluding hydrogens is 568 g/mol. The van der Waals surface area contributed by atoms with Crippen LogP contribution in [-0.4, -0.2) is 4.98 Å². The van der Waals surface area contributed by atoms with Crippen LogP contribution in [0.3, 0.4) is 0 Å². The SMILES string of the molecule is c1ccc2c(c1)oc1ccc(N(c3ccc(-c4nccc5oc6ccccc6c45)cc3)c3cccc4c3oc3ccccc34)cc12. The maximum atomic E-state index is 6.54. The molecule has 4 aromatic heterocycles. The highest BCUT2D eigenvalue weighted by Gasteiger charge is 2.21. The minimum atomic E-state index is 0.828. The van der Waals surface area contributed by atoms with Gasteiger partial charge < -0.3 is 18.2 Å². The Bertz CT molecular complexity index is 2770. The van der Waals surface area contributed by atoms with E-state index < -0.39 is 0 Å². The van der Waals surface area contributed by atoms with Gasteiger partial charge in [0.25, 0.3) is 0 Å². The molecule has 0 unspecified atom stereocenters. The van der Waals surface area contributed by atoms with Crippen molar-refractivity contribution in [2.75, 3.05) is 4.90 Å². The van der Waals surface area contributed by atoms with Crippen LogP contribution in [0.15, 0.2) is 159 Å². The third-order valence-electron chi connectivity index (χ3n) is 8.93. The van der Waals surface area contributed by atoms with Crippen molar-refractivity contribution in [3.63, 3.8) is 0 Å². The van der Waals surface area contributed by atoms with Crippen LogP contribution in [0, 0.1) is 0 Å². The number of pyridine rings is 1. The van der Waals surface area contributed by atoms with Crippen molar-refractivity contribution in [1.29, 1.82) is 0 Å². The Morgan fingerprint density at radius 2 is 1.04 bits per heavy atom. The van der Waals surface area contributed by atoms with Crippen LogP contribution in [0.5, 0.6) is 0 Å². The smallest absolute Gasteiger partial charge is 0.159 e. The summed E-state index contributed by atoms with van der Waals surface area (Å²) in [5.41, 5.74) is 9.97. The number of anilines is 3. The van der Waals surface area contributed by atoms with Crippen molar-refractivity contribution < 1.29 is 13.3 Å². The maximum Gasteiger partial charge on any atom is 0.159 e. The Balaban J connectivity index is 1.19. The summed E-state index contributed by atoms with van der Waals surface area (Å²) in [5, 5.41) is 6.40. The zero-order valence-electron chi connectivity index (χ0n) is 24.5. The summed E-state index contributed by atoms with van der Waals surface area (Å²) in [5.74, 6) is 0. The largest absolute Gasteiger partial charge is 0.456 e. The first-order valence-electron chi connectivity index (χ1n) is 15.3. The van der Waals surface area contributed by atoms with Gasteiger partial charge in [-0.1, -0.05) is 78.9 Å². The second-order valence-corrected chi connectivity index (χ2v) is 11.5. The molecule has 0 aliphatic carbocycles. The van der Waals surface area contributed by atoms with Crippen molar-refractivity contribution in [2.45, 2.75) is 0 Å². The lowest BCUT2D eigenvalue weighted by atomic mass is 10.0. The molecule has 46 heavy (non-hydrogen) atoms. The monoisotopic (exact) mass is 592 g/mol. The number of hydrogen-bond acceptors (Lipinski definition) is 5. The zero-order chi connectivity index (χ0) is 30.2. The van der Waals surface area contributed by atoms with Crippen LogP contribution >= 0.6 is 0 Å². The molecule has 4 heterocycles.